The van der Waals surface area contributed by atoms with Gasteiger partial charge in [0.05, 0.1) is 5.57 Å². The Balaban J connectivity index is 1.94. The molecule has 0 unspecified atom stereocenters. The van der Waals surface area contributed by atoms with Crippen molar-refractivity contribution in [1.82, 2.24) is 0 Å². The minimum atomic E-state index is -0.297. The van der Waals surface area contributed by atoms with E-state index in [0.717, 1.165) is 11.1 Å². The molecule has 0 bridgehead atoms. The van der Waals surface area contributed by atoms with Gasteiger partial charge in [0.15, 0.2) is 0 Å². The van der Waals surface area contributed by atoms with Crippen LogP contribution in [-0.2, 0) is 9.53 Å². The van der Waals surface area contributed by atoms with Gasteiger partial charge in [-0.2, -0.15) is 0 Å². The summed E-state index contributed by atoms with van der Waals surface area (Å²) in [5.41, 5.74) is 6.12. The van der Waals surface area contributed by atoms with Crippen LogP contribution < -0.4 is 0 Å². The normalized spacial score (nSPS) is 15.9. The molecule has 0 atom stereocenters. The van der Waals surface area contributed by atoms with Crippen LogP contribution in [0.2, 0.25) is 0 Å². The number of cyclic esters (lactones) is 1. The first-order valence-electron chi connectivity index (χ1n) is 7.33. The van der Waals surface area contributed by atoms with Gasteiger partial charge in [-0.1, -0.05) is 42.0 Å². The molecule has 0 saturated carbocycles. The predicted molar refractivity (Wildman–Crippen MR) is 89.1 cm³/mol. The standard InChI is InChI=1S/C20H18O2/c1-13-4-7-16(8-5-13)11-18-12-19(22-20(18)21)17-9-6-14(2)15(3)10-17/h4-12H,1-3H3/b18-11+. The second kappa shape index (κ2) is 5.64. The summed E-state index contributed by atoms with van der Waals surface area (Å²) in [5, 5.41) is 0. The Morgan fingerprint density at radius 1 is 0.909 bits per heavy atom. The van der Waals surface area contributed by atoms with Crippen LogP contribution >= 0.6 is 0 Å². The molecule has 0 radical (unpaired) electrons. The summed E-state index contributed by atoms with van der Waals surface area (Å²) in [6.45, 7) is 6.16. The maximum Gasteiger partial charge on any atom is 0.343 e. The zero-order valence-corrected chi connectivity index (χ0v) is 13.0. The Labute approximate surface area is 130 Å². The van der Waals surface area contributed by atoms with E-state index in [2.05, 4.69) is 13.8 Å². The van der Waals surface area contributed by atoms with E-state index in [0.29, 0.717) is 11.3 Å². The lowest BCUT2D eigenvalue weighted by atomic mass is 10.0. The molecule has 1 heterocycles. The lowest BCUT2D eigenvalue weighted by Crippen LogP contribution is -1.97. The molecule has 110 valence electrons. The summed E-state index contributed by atoms with van der Waals surface area (Å²) in [5.74, 6) is 0.320. The molecule has 22 heavy (non-hydrogen) atoms. The summed E-state index contributed by atoms with van der Waals surface area (Å²) in [6, 6.07) is 14.1. The molecule has 2 aromatic carbocycles. The molecule has 3 rings (SSSR count). The number of rotatable bonds is 2. The first-order valence-corrected chi connectivity index (χ1v) is 7.33. The molecule has 0 saturated heterocycles. The smallest absolute Gasteiger partial charge is 0.343 e. The van der Waals surface area contributed by atoms with Crippen molar-refractivity contribution in [2.24, 2.45) is 0 Å². The highest BCUT2D eigenvalue weighted by Crippen LogP contribution is 2.28. The van der Waals surface area contributed by atoms with Crippen molar-refractivity contribution < 1.29 is 9.53 Å². The Kier molecular flexibility index (Phi) is 3.68. The third-order valence-electron chi connectivity index (χ3n) is 3.92. The monoisotopic (exact) mass is 290 g/mol. The number of hydrogen-bond acceptors (Lipinski definition) is 2. The molecule has 1 aliphatic heterocycles. The van der Waals surface area contributed by atoms with Crippen LogP contribution in [-0.4, -0.2) is 5.97 Å². The van der Waals surface area contributed by atoms with E-state index in [1.807, 2.05) is 61.5 Å². The van der Waals surface area contributed by atoms with E-state index in [1.54, 1.807) is 0 Å². The molecule has 2 heteroatoms. The average molecular weight is 290 g/mol. The van der Waals surface area contributed by atoms with Gasteiger partial charge in [-0.25, -0.2) is 4.79 Å². The quantitative estimate of drug-likeness (QED) is 0.597. The Bertz CT molecular complexity index is 793. The van der Waals surface area contributed by atoms with E-state index < -0.39 is 0 Å². The second-order valence-electron chi connectivity index (χ2n) is 5.71. The number of ether oxygens (including phenoxy) is 1. The first-order chi connectivity index (χ1) is 10.5. The number of carbonyl (C=O) groups excluding carboxylic acids is 1. The highest BCUT2D eigenvalue weighted by atomic mass is 16.5. The number of carbonyl (C=O) groups is 1. The molecular formula is C20H18O2. The Morgan fingerprint density at radius 3 is 2.32 bits per heavy atom. The van der Waals surface area contributed by atoms with Crippen molar-refractivity contribution in [2.45, 2.75) is 20.8 Å². The zero-order valence-electron chi connectivity index (χ0n) is 13.0. The van der Waals surface area contributed by atoms with Crippen molar-refractivity contribution >= 4 is 17.8 Å². The average Bonchev–Trinajstić information content (AvgIpc) is 2.85. The third kappa shape index (κ3) is 2.86. The van der Waals surface area contributed by atoms with Gasteiger partial charge in [0.25, 0.3) is 0 Å². The maximum absolute atomic E-state index is 12.0. The Hall–Kier alpha value is -2.61. The lowest BCUT2D eigenvalue weighted by Gasteiger charge is -2.05. The highest BCUT2D eigenvalue weighted by molar-refractivity contribution is 6.05. The van der Waals surface area contributed by atoms with Crippen molar-refractivity contribution in [2.75, 3.05) is 0 Å². The van der Waals surface area contributed by atoms with Gasteiger partial charge in [0, 0.05) is 5.56 Å². The van der Waals surface area contributed by atoms with Crippen molar-refractivity contribution in [1.29, 1.82) is 0 Å². The summed E-state index contributed by atoms with van der Waals surface area (Å²) in [7, 11) is 0. The first kappa shape index (κ1) is 14.3. The molecule has 0 spiro atoms. The summed E-state index contributed by atoms with van der Waals surface area (Å²) in [4.78, 5) is 12.0. The van der Waals surface area contributed by atoms with E-state index in [-0.39, 0.29) is 5.97 Å². The van der Waals surface area contributed by atoms with Crippen molar-refractivity contribution in [3.8, 4) is 0 Å². The fourth-order valence-corrected chi connectivity index (χ4v) is 2.37. The fraction of sp³-hybridized carbons (Fsp3) is 0.150. The molecule has 2 aromatic rings. The van der Waals surface area contributed by atoms with Gasteiger partial charge < -0.3 is 4.74 Å². The fourth-order valence-electron chi connectivity index (χ4n) is 2.37. The molecule has 0 N–H and O–H groups in total. The van der Waals surface area contributed by atoms with Gasteiger partial charge >= 0.3 is 5.97 Å². The molecule has 0 fully saturated rings. The van der Waals surface area contributed by atoms with Gasteiger partial charge in [-0.3, -0.25) is 0 Å². The van der Waals surface area contributed by atoms with Crippen molar-refractivity contribution in [3.63, 3.8) is 0 Å². The van der Waals surface area contributed by atoms with Crippen LogP contribution in [0.4, 0.5) is 0 Å². The van der Waals surface area contributed by atoms with Crippen LogP contribution in [0.3, 0.4) is 0 Å². The predicted octanol–water partition coefficient (Wildman–Crippen LogP) is 4.59. The Morgan fingerprint density at radius 2 is 1.64 bits per heavy atom. The van der Waals surface area contributed by atoms with Crippen LogP contribution in [0.25, 0.3) is 11.8 Å². The van der Waals surface area contributed by atoms with E-state index >= 15 is 0 Å². The maximum atomic E-state index is 12.0. The SMILES string of the molecule is Cc1ccc(/C=C2\C=C(c3ccc(C)c(C)c3)OC2=O)cc1. The second-order valence-corrected chi connectivity index (χ2v) is 5.71. The number of benzene rings is 2. The van der Waals surface area contributed by atoms with Gasteiger partial charge in [0.2, 0.25) is 0 Å². The zero-order chi connectivity index (χ0) is 15.7. The molecule has 0 aromatic heterocycles. The van der Waals surface area contributed by atoms with E-state index in [4.69, 9.17) is 4.74 Å². The van der Waals surface area contributed by atoms with E-state index in [1.165, 1.54) is 16.7 Å². The van der Waals surface area contributed by atoms with Gasteiger partial charge in [-0.05, 0) is 55.7 Å². The summed E-state index contributed by atoms with van der Waals surface area (Å²) < 4.78 is 5.40. The van der Waals surface area contributed by atoms with Gasteiger partial charge in [0.1, 0.15) is 5.76 Å². The number of esters is 1. The van der Waals surface area contributed by atoms with E-state index in [9.17, 15) is 4.79 Å². The number of aryl methyl sites for hydroxylation is 3. The lowest BCUT2D eigenvalue weighted by molar-refractivity contribution is -0.130. The minimum absolute atomic E-state index is 0.297. The van der Waals surface area contributed by atoms with Crippen LogP contribution in [0.5, 0.6) is 0 Å². The van der Waals surface area contributed by atoms with Crippen LogP contribution in [0, 0.1) is 20.8 Å². The molecule has 1 aliphatic rings. The summed E-state index contributed by atoms with van der Waals surface area (Å²) in [6.07, 6.45) is 3.67. The minimum Gasteiger partial charge on any atom is -0.422 e. The van der Waals surface area contributed by atoms with Gasteiger partial charge in [-0.15, -0.1) is 0 Å². The molecular weight excluding hydrogens is 272 g/mol. The van der Waals surface area contributed by atoms with Crippen molar-refractivity contribution in [3.05, 3.63) is 81.9 Å². The third-order valence-corrected chi connectivity index (χ3v) is 3.92. The topological polar surface area (TPSA) is 26.3 Å². The molecule has 2 nitrogen and oxygen atoms in total. The summed E-state index contributed by atoms with van der Waals surface area (Å²) >= 11 is 0. The molecule has 0 amide bonds. The molecule has 0 aliphatic carbocycles. The highest BCUT2D eigenvalue weighted by Gasteiger charge is 2.22. The van der Waals surface area contributed by atoms with Crippen LogP contribution in [0.15, 0.2) is 54.1 Å². The van der Waals surface area contributed by atoms with Crippen LogP contribution in [0.1, 0.15) is 27.8 Å². The number of hydrogen-bond donors (Lipinski definition) is 0. The largest absolute Gasteiger partial charge is 0.422 e.